The molecule has 0 saturated carbocycles. The van der Waals surface area contributed by atoms with E-state index in [0.717, 1.165) is 0 Å². The molecule has 0 aliphatic carbocycles. The second-order valence-electron chi connectivity index (χ2n) is 2.92. The molecule has 0 atom stereocenters. The molecule has 0 spiro atoms. The number of benzene rings is 1. The molecule has 0 bridgehead atoms. The highest BCUT2D eigenvalue weighted by Gasteiger charge is 2.12. The maximum Gasteiger partial charge on any atom is 0.336 e. The van der Waals surface area contributed by atoms with Gasteiger partial charge in [-0.25, -0.2) is 9.78 Å². The average Bonchev–Trinajstić information content (AvgIpc) is 2.65. The number of nitrogens with two attached hydrogens (primary N) is 1. The number of anilines is 1. The van der Waals surface area contributed by atoms with Gasteiger partial charge in [0.1, 0.15) is 0 Å². The molecule has 1 aromatic carbocycles. The first-order chi connectivity index (χ1) is 7.18. The fourth-order valence-corrected chi connectivity index (χ4v) is 1.87. The zero-order chi connectivity index (χ0) is 10.8. The first-order valence-corrected chi connectivity index (χ1v) is 5.10. The standard InChI is InChI=1S/C10H8N2O2S/c11-10-12-8(5-15-10)6-3-1-2-4-7(6)9(13)14/h1-5H,(H2,11,12)(H,13,14). The topological polar surface area (TPSA) is 76.2 Å². The van der Waals surface area contributed by atoms with Gasteiger partial charge in [-0.1, -0.05) is 18.2 Å². The van der Waals surface area contributed by atoms with Gasteiger partial charge < -0.3 is 10.8 Å². The summed E-state index contributed by atoms with van der Waals surface area (Å²) in [7, 11) is 0. The molecule has 76 valence electrons. The summed E-state index contributed by atoms with van der Waals surface area (Å²) < 4.78 is 0. The normalized spacial score (nSPS) is 10.1. The molecule has 2 rings (SSSR count). The summed E-state index contributed by atoms with van der Waals surface area (Å²) in [4.78, 5) is 15.0. The molecule has 0 saturated heterocycles. The van der Waals surface area contributed by atoms with E-state index in [-0.39, 0.29) is 5.56 Å². The zero-order valence-corrected chi connectivity index (χ0v) is 8.49. The fraction of sp³-hybridized carbons (Fsp3) is 0. The minimum absolute atomic E-state index is 0.239. The highest BCUT2D eigenvalue weighted by Crippen LogP contribution is 2.26. The van der Waals surface area contributed by atoms with Gasteiger partial charge in [0.15, 0.2) is 5.13 Å². The van der Waals surface area contributed by atoms with Gasteiger partial charge in [-0.15, -0.1) is 11.3 Å². The minimum atomic E-state index is -0.961. The molecule has 1 aromatic heterocycles. The lowest BCUT2D eigenvalue weighted by molar-refractivity contribution is 0.0697. The molecule has 1 heterocycles. The monoisotopic (exact) mass is 220 g/mol. The van der Waals surface area contributed by atoms with Crippen LogP contribution in [0.3, 0.4) is 0 Å². The van der Waals surface area contributed by atoms with Gasteiger partial charge in [0.2, 0.25) is 0 Å². The summed E-state index contributed by atoms with van der Waals surface area (Å²) in [6, 6.07) is 6.73. The zero-order valence-electron chi connectivity index (χ0n) is 7.68. The maximum atomic E-state index is 10.9. The number of carbonyl (C=O) groups is 1. The number of thiazole rings is 1. The van der Waals surface area contributed by atoms with Crippen molar-refractivity contribution in [1.29, 1.82) is 0 Å². The van der Waals surface area contributed by atoms with E-state index in [2.05, 4.69) is 4.98 Å². The Balaban J connectivity index is 2.57. The van der Waals surface area contributed by atoms with Crippen LogP contribution in [0.5, 0.6) is 0 Å². The van der Waals surface area contributed by atoms with E-state index < -0.39 is 5.97 Å². The van der Waals surface area contributed by atoms with Crippen LogP contribution < -0.4 is 5.73 Å². The third kappa shape index (κ3) is 1.82. The Morgan fingerprint density at radius 2 is 2.13 bits per heavy atom. The lowest BCUT2D eigenvalue weighted by Crippen LogP contribution is -1.99. The van der Waals surface area contributed by atoms with Crippen molar-refractivity contribution >= 4 is 22.4 Å². The van der Waals surface area contributed by atoms with E-state index in [1.165, 1.54) is 11.3 Å². The van der Waals surface area contributed by atoms with Crippen molar-refractivity contribution in [3.63, 3.8) is 0 Å². The summed E-state index contributed by atoms with van der Waals surface area (Å²) in [5, 5.41) is 11.2. The maximum absolute atomic E-state index is 10.9. The molecule has 5 heteroatoms. The van der Waals surface area contributed by atoms with Crippen molar-refractivity contribution in [3.8, 4) is 11.3 Å². The molecule has 0 amide bonds. The molecule has 2 aromatic rings. The van der Waals surface area contributed by atoms with Gasteiger partial charge in [-0.2, -0.15) is 0 Å². The third-order valence-electron chi connectivity index (χ3n) is 1.96. The molecule has 0 fully saturated rings. The van der Waals surface area contributed by atoms with Crippen molar-refractivity contribution < 1.29 is 9.90 Å². The van der Waals surface area contributed by atoms with Gasteiger partial charge in [-0.05, 0) is 6.07 Å². The fourth-order valence-electron chi connectivity index (χ4n) is 1.30. The van der Waals surface area contributed by atoms with Crippen LogP contribution in [0.4, 0.5) is 5.13 Å². The molecule has 0 aliphatic heterocycles. The van der Waals surface area contributed by atoms with E-state index in [1.807, 2.05) is 0 Å². The van der Waals surface area contributed by atoms with Crippen molar-refractivity contribution in [2.45, 2.75) is 0 Å². The Kier molecular flexibility index (Phi) is 2.39. The molecule has 3 N–H and O–H groups in total. The summed E-state index contributed by atoms with van der Waals surface area (Å²) in [5.74, 6) is -0.961. The summed E-state index contributed by atoms with van der Waals surface area (Å²) in [6.07, 6.45) is 0. The Bertz CT molecular complexity index is 508. The SMILES string of the molecule is Nc1nc(-c2ccccc2C(=O)O)cs1. The predicted molar refractivity (Wildman–Crippen MR) is 58.9 cm³/mol. The quantitative estimate of drug-likeness (QED) is 0.812. The van der Waals surface area contributed by atoms with Crippen LogP contribution in [0, 0.1) is 0 Å². The number of hydrogen-bond acceptors (Lipinski definition) is 4. The van der Waals surface area contributed by atoms with E-state index in [0.29, 0.717) is 16.4 Å². The lowest BCUT2D eigenvalue weighted by Gasteiger charge is -2.01. The van der Waals surface area contributed by atoms with E-state index >= 15 is 0 Å². The van der Waals surface area contributed by atoms with Crippen molar-refractivity contribution in [2.24, 2.45) is 0 Å². The van der Waals surface area contributed by atoms with Crippen molar-refractivity contribution in [3.05, 3.63) is 35.2 Å². The van der Waals surface area contributed by atoms with Crippen LogP contribution in [0.1, 0.15) is 10.4 Å². The molecule has 15 heavy (non-hydrogen) atoms. The van der Waals surface area contributed by atoms with E-state index in [1.54, 1.807) is 29.6 Å². The van der Waals surface area contributed by atoms with Crippen LogP contribution in [0.15, 0.2) is 29.6 Å². The van der Waals surface area contributed by atoms with Gasteiger partial charge in [-0.3, -0.25) is 0 Å². The van der Waals surface area contributed by atoms with Crippen molar-refractivity contribution in [1.82, 2.24) is 4.98 Å². The summed E-state index contributed by atoms with van der Waals surface area (Å²) >= 11 is 1.29. The number of nitrogen functional groups attached to an aromatic ring is 1. The smallest absolute Gasteiger partial charge is 0.336 e. The van der Waals surface area contributed by atoms with Gasteiger partial charge >= 0.3 is 5.97 Å². The number of hydrogen-bond donors (Lipinski definition) is 2. The van der Waals surface area contributed by atoms with Crippen LogP contribution >= 0.6 is 11.3 Å². The largest absolute Gasteiger partial charge is 0.478 e. The van der Waals surface area contributed by atoms with E-state index in [9.17, 15) is 4.79 Å². The molecule has 4 nitrogen and oxygen atoms in total. The molecule has 0 radical (unpaired) electrons. The first-order valence-electron chi connectivity index (χ1n) is 4.22. The van der Waals surface area contributed by atoms with Gasteiger partial charge in [0, 0.05) is 10.9 Å². The number of carboxylic acids is 1. The summed E-state index contributed by atoms with van der Waals surface area (Å²) in [6.45, 7) is 0. The highest BCUT2D eigenvalue weighted by molar-refractivity contribution is 7.13. The Morgan fingerprint density at radius 3 is 2.73 bits per heavy atom. The second kappa shape index (κ2) is 3.70. The van der Waals surface area contributed by atoms with Crippen LogP contribution in [0.2, 0.25) is 0 Å². The van der Waals surface area contributed by atoms with Gasteiger partial charge in [0.05, 0.1) is 11.3 Å². The average molecular weight is 220 g/mol. The third-order valence-corrected chi connectivity index (χ3v) is 2.63. The number of aromatic nitrogens is 1. The van der Waals surface area contributed by atoms with Crippen molar-refractivity contribution in [2.75, 3.05) is 5.73 Å². The molecule has 0 unspecified atom stereocenters. The van der Waals surface area contributed by atoms with Crippen LogP contribution in [0.25, 0.3) is 11.3 Å². The Labute approximate surface area is 90.0 Å². The molecular formula is C10H8N2O2S. The number of aromatic carboxylic acids is 1. The predicted octanol–water partition coefficient (Wildman–Crippen LogP) is 2.09. The molecular weight excluding hydrogens is 212 g/mol. The molecule has 0 aliphatic rings. The Morgan fingerprint density at radius 1 is 1.40 bits per heavy atom. The number of rotatable bonds is 2. The summed E-state index contributed by atoms with van der Waals surface area (Å²) in [5.41, 5.74) is 6.94. The highest BCUT2D eigenvalue weighted by atomic mass is 32.1. The second-order valence-corrected chi connectivity index (χ2v) is 3.81. The van der Waals surface area contributed by atoms with Gasteiger partial charge in [0.25, 0.3) is 0 Å². The minimum Gasteiger partial charge on any atom is -0.478 e. The van der Waals surface area contributed by atoms with E-state index in [4.69, 9.17) is 10.8 Å². The van der Waals surface area contributed by atoms with Crippen LogP contribution in [-0.2, 0) is 0 Å². The van der Waals surface area contributed by atoms with Crippen LogP contribution in [-0.4, -0.2) is 16.1 Å². The lowest BCUT2D eigenvalue weighted by atomic mass is 10.1. The number of carboxylic acid groups (broad SMARTS) is 1. The first kappa shape index (κ1) is 9.67. The Hall–Kier alpha value is -1.88. The number of nitrogens with zero attached hydrogens (tertiary/aromatic N) is 1.